The first kappa shape index (κ1) is 12.9. The maximum atomic E-state index is 11.3. The molecule has 1 saturated heterocycles. The second-order valence-corrected chi connectivity index (χ2v) is 5.17. The number of rotatable bonds is 2. The van der Waals surface area contributed by atoms with Crippen LogP contribution in [0, 0.1) is 0 Å². The van der Waals surface area contributed by atoms with E-state index >= 15 is 0 Å². The molecule has 3 heterocycles. The lowest BCUT2D eigenvalue weighted by Crippen LogP contribution is -2.50. The fourth-order valence-corrected chi connectivity index (χ4v) is 2.56. The first-order valence-corrected chi connectivity index (χ1v) is 6.79. The van der Waals surface area contributed by atoms with Crippen LogP contribution in [0.5, 0.6) is 0 Å². The first-order valence-electron chi connectivity index (χ1n) is 6.79. The Hall–Kier alpha value is -2.15. The van der Waals surface area contributed by atoms with Gasteiger partial charge in [-0.25, -0.2) is 0 Å². The minimum atomic E-state index is -0.159. The van der Waals surface area contributed by atoms with E-state index in [9.17, 15) is 4.79 Å². The molecule has 0 aliphatic carbocycles. The molecule has 2 atom stereocenters. The SMILES string of the molecule is CC1C(N)CCCN1c1n[nH]c(-c2cc[nH]c(=O)c2)n1. The van der Waals surface area contributed by atoms with Gasteiger partial charge in [0.05, 0.1) is 0 Å². The number of nitrogens with zero attached hydrogens (tertiary/aromatic N) is 3. The van der Waals surface area contributed by atoms with Crippen LogP contribution in [-0.2, 0) is 0 Å². The van der Waals surface area contributed by atoms with Crippen LogP contribution in [0.3, 0.4) is 0 Å². The number of aromatic nitrogens is 4. The maximum absolute atomic E-state index is 11.3. The van der Waals surface area contributed by atoms with E-state index in [2.05, 4.69) is 32.0 Å². The van der Waals surface area contributed by atoms with E-state index in [0.29, 0.717) is 11.8 Å². The summed E-state index contributed by atoms with van der Waals surface area (Å²) in [6, 6.07) is 3.64. The smallest absolute Gasteiger partial charge is 0.248 e. The van der Waals surface area contributed by atoms with Gasteiger partial charge in [0, 0.05) is 36.5 Å². The first-order chi connectivity index (χ1) is 9.65. The summed E-state index contributed by atoms with van der Waals surface area (Å²) >= 11 is 0. The Morgan fingerprint density at radius 3 is 3.15 bits per heavy atom. The van der Waals surface area contributed by atoms with Crippen LogP contribution in [-0.4, -0.2) is 38.8 Å². The Kier molecular flexibility index (Phi) is 3.27. The van der Waals surface area contributed by atoms with E-state index in [1.165, 1.54) is 6.07 Å². The summed E-state index contributed by atoms with van der Waals surface area (Å²) in [6.07, 6.45) is 3.67. The minimum Gasteiger partial charge on any atom is -0.335 e. The van der Waals surface area contributed by atoms with Gasteiger partial charge in [0.15, 0.2) is 5.82 Å². The second kappa shape index (κ2) is 5.09. The number of hydrogen-bond donors (Lipinski definition) is 3. The van der Waals surface area contributed by atoms with Crippen molar-refractivity contribution in [2.75, 3.05) is 11.4 Å². The maximum Gasteiger partial charge on any atom is 0.248 e. The van der Waals surface area contributed by atoms with Gasteiger partial charge >= 0.3 is 0 Å². The highest BCUT2D eigenvalue weighted by Gasteiger charge is 2.27. The monoisotopic (exact) mass is 274 g/mol. The van der Waals surface area contributed by atoms with Crippen molar-refractivity contribution in [3.05, 3.63) is 28.7 Å². The summed E-state index contributed by atoms with van der Waals surface area (Å²) in [6.45, 7) is 2.99. The average Bonchev–Trinajstić information content (AvgIpc) is 2.91. The third-order valence-electron chi connectivity index (χ3n) is 3.83. The van der Waals surface area contributed by atoms with E-state index in [-0.39, 0.29) is 17.6 Å². The molecular weight excluding hydrogens is 256 g/mol. The molecule has 0 spiro atoms. The van der Waals surface area contributed by atoms with Crippen LogP contribution >= 0.6 is 0 Å². The molecule has 0 bridgehead atoms. The van der Waals surface area contributed by atoms with Gasteiger partial charge < -0.3 is 15.6 Å². The Morgan fingerprint density at radius 1 is 1.50 bits per heavy atom. The topological polar surface area (TPSA) is 104 Å². The van der Waals surface area contributed by atoms with Gasteiger partial charge in [-0.2, -0.15) is 4.98 Å². The molecule has 1 aliphatic rings. The highest BCUT2D eigenvalue weighted by atomic mass is 16.1. The van der Waals surface area contributed by atoms with Crippen molar-refractivity contribution in [1.82, 2.24) is 20.2 Å². The molecule has 0 amide bonds. The van der Waals surface area contributed by atoms with Crippen molar-refractivity contribution in [3.63, 3.8) is 0 Å². The van der Waals surface area contributed by atoms with Crippen LogP contribution in [0.4, 0.5) is 5.95 Å². The predicted molar refractivity (Wildman–Crippen MR) is 76.5 cm³/mol. The highest BCUT2D eigenvalue weighted by molar-refractivity contribution is 5.55. The van der Waals surface area contributed by atoms with Crippen LogP contribution in [0.2, 0.25) is 0 Å². The van der Waals surface area contributed by atoms with Crippen LogP contribution in [0.25, 0.3) is 11.4 Å². The van der Waals surface area contributed by atoms with Crippen molar-refractivity contribution < 1.29 is 0 Å². The number of anilines is 1. The zero-order valence-electron chi connectivity index (χ0n) is 11.3. The number of nitrogens with one attached hydrogen (secondary N) is 2. The Morgan fingerprint density at radius 2 is 2.35 bits per heavy atom. The molecule has 0 aromatic carbocycles. The standard InChI is InChI=1S/C13H18N6O/c1-8-10(14)3-2-6-19(8)13-16-12(17-18-13)9-4-5-15-11(20)7-9/h4-5,7-8,10H,2-3,6,14H2,1H3,(H,15,20)(H,16,17,18). The number of nitrogens with two attached hydrogens (primary N) is 1. The van der Waals surface area contributed by atoms with E-state index in [0.717, 1.165) is 24.9 Å². The fraction of sp³-hybridized carbons (Fsp3) is 0.462. The van der Waals surface area contributed by atoms with Gasteiger partial charge in [0.25, 0.3) is 0 Å². The number of aromatic amines is 2. The van der Waals surface area contributed by atoms with Gasteiger partial charge in [-0.1, -0.05) is 0 Å². The number of hydrogen-bond acceptors (Lipinski definition) is 5. The Balaban J connectivity index is 1.88. The van der Waals surface area contributed by atoms with Gasteiger partial charge in [-0.15, -0.1) is 5.10 Å². The Labute approximate surface area is 116 Å². The van der Waals surface area contributed by atoms with E-state index in [4.69, 9.17) is 5.73 Å². The van der Waals surface area contributed by atoms with Crippen LogP contribution in [0.15, 0.2) is 23.1 Å². The van der Waals surface area contributed by atoms with E-state index in [1.807, 2.05) is 0 Å². The molecule has 1 aliphatic heterocycles. The molecule has 2 unspecified atom stereocenters. The van der Waals surface area contributed by atoms with Crippen molar-refractivity contribution in [1.29, 1.82) is 0 Å². The van der Waals surface area contributed by atoms with Crippen molar-refractivity contribution >= 4 is 5.95 Å². The van der Waals surface area contributed by atoms with Gasteiger partial charge in [0.2, 0.25) is 11.5 Å². The zero-order valence-corrected chi connectivity index (χ0v) is 11.3. The molecule has 2 aromatic heterocycles. The predicted octanol–water partition coefficient (Wildman–Crippen LogP) is 0.476. The van der Waals surface area contributed by atoms with Crippen LogP contribution in [0.1, 0.15) is 19.8 Å². The van der Waals surface area contributed by atoms with Crippen molar-refractivity contribution in [2.45, 2.75) is 31.8 Å². The summed E-state index contributed by atoms with van der Waals surface area (Å²) in [4.78, 5) is 20.5. The third kappa shape index (κ3) is 2.32. The highest BCUT2D eigenvalue weighted by Crippen LogP contribution is 2.22. The molecule has 0 saturated carbocycles. The number of H-pyrrole nitrogens is 2. The van der Waals surface area contributed by atoms with Gasteiger partial charge in [-0.3, -0.25) is 9.89 Å². The molecular formula is C13H18N6O. The molecule has 2 aromatic rings. The van der Waals surface area contributed by atoms with Crippen molar-refractivity contribution in [3.8, 4) is 11.4 Å². The summed E-state index contributed by atoms with van der Waals surface area (Å²) in [5.74, 6) is 1.24. The molecule has 4 N–H and O–H groups in total. The normalized spacial score (nSPS) is 23.0. The van der Waals surface area contributed by atoms with E-state index < -0.39 is 0 Å². The summed E-state index contributed by atoms with van der Waals surface area (Å²) in [7, 11) is 0. The zero-order chi connectivity index (χ0) is 14.1. The van der Waals surface area contributed by atoms with Gasteiger partial charge in [0.1, 0.15) is 0 Å². The van der Waals surface area contributed by atoms with Crippen LogP contribution < -0.4 is 16.2 Å². The molecule has 0 radical (unpaired) electrons. The summed E-state index contributed by atoms with van der Waals surface area (Å²) in [5, 5.41) is 7.14. The lowest BCUT2D eigenvalue weighted by atomic mass is 9.99. The quantitative estimate of drug-likeness (QED) is 0.738. The fourth-order valence-electron chi connectivity index (χ4n) is 2.56. The Bertz CT molecular complexity index is 648. The number of pyridine rings is 1. The molecule has 106 valence electrons. The molecule has 7 heteroatoms. The third-order valence-corrected chi connectivity index (χ3v) is 3.83. The largest absolute Gasteiger partial charge is 0.335 e. The average molecular weight is 274 g/mol. The molecule has 1 fully saturated rings. The lowest BCUT2D eigenvalue weighted by molar-refractivity contribution is 0.416. The summed E-state index contributed by atoms with van der Waals surface area (Å²) in [5.41, 5.74) is 6.66. The van der Waals surface area contributed by atoms with E-state index in [1.54, 1.807) is 12.3 Å². The molecule has 3 rings (SSSR count). The number of piperidine rings is 1. The molecule has 20 heavy (non-hydrogen) atoms. The summed E-state index contributed by atoms with van der Waals surface area (Å²) < 4.78 is 0. The second-order valence-electron chi connectivity index (χ2n) is 5.17. The minimum absolute atomic E-state index is 0.144. The van der Waals surface area contributed by atoms with Gasteiger partial charge in [-0.05, 0) is 25.8 Å². The van der Waals surface area contributed by atoms with Crippen molar-refractivity contribution in [2.24, 2.45) is 5.73 Å². The molecule has 7 nitrogen and oxygen atoms in total. The lowest BCUT2D eigenvalue weighted by Gasteiger charge is -2.36.